The average Bonchev–Trinajstić information content (AvgIpc) is 3.63. The Morgan fingerprint density at radius 3 is 2.32 bits per heavy atom. The summed E-state index contributed by atoms with van der Waals surface area (Å²) >= 11 is 0. The Bertz CT molecular complexity index is 1730. The second-order valence-corrected chi connectivity index (χ2v) is 22.3. The number of allylic oxidation sites excluding steroid dienone is 1. The van der Waals surface area contributed by atoms with E-state index in [1.54, 1.807) is 11.2 Å². The SMILES string of the molecule is COC(=O)N1CCC(c2ncnn2[C@@H]2C[C@@]34COC[C@](C)([C@@H]3CC[C@H]3C4=CC[C@@]4(C)[C@H](C(=O)O)[C@@](C)([C@H](C)C(C)C)CC[C@]34C)[C@H]2OC[C@](C)(N)C(C)(C)C)CC1. The smallest absolute Gasteiger partial charge is 0.409 e. The molecule has 0 aromatic carbocycles. The highest BCUT2D eigenvalue weighted by molar-refractivity contribution is 5.73. The first-order valence-corrected chi connectivity index (χ1v) is 22.2. The van der Waals surface area contributed by atoms with Crippen molar-refractivity contribution in [2.75, 3.05) is 40.0 Å². The average molecular weight is 794 g/mol. The molecule has 11 heteroatoms. The van der Waals surface area contributed by atoms with Crippen molar-refractivity contribution in [1.29, 1.82) is 0 Å². The molecule has 1 aromatic heterocycles. The maximum Gasteiger partial charge on any atom is 0.409 e. The quantitative estimate of drug-likeness (QED) is 0.248. The first-order chi connectivity index (χ1) is 26.5. The van der Waals surface area contributed by atoms with Gasteiger partial charge in [0.25, 0.3) is 0 Å². The lowest BCUT2D eigenvalue weighted by Gasteiger charge is -2.71. The van der Waals surface area contributed by atoms with E-state index in [4.69, 9.17) is 30.0 Å². The van der Waals surface area contributed by atoms with E-state index < -0.39 is 17.4 Å². The molecule has 0 spiro atoms. The zero-order valence-electron chi connectivity index (χ0n) is 37.3. The minimum absolute atomic E-state index is 0.115. The summed E-state index contributed by atoms with van der Waals surface area (Å²) in [4.78, 5) is 32.8. The number of hydrogen-bond donors (Lipinski definition) is 2. The van der Waals surface area contributed by atoms with E-state index in [0.717, 1.165) is 57.2 Å². The molecular formula is C46H75N5O6. The van der Waals surface area contributed by atoms with Crippen molar-refractivity contribution in [3.63, 3.8) is 0 Å². The minimum Gasteiger partial charge on any atom is -0.481 e. The fraction of sp³-hybridized carbons (Fsp3) is 0.870. The Kier molecular flexibility index (Phi) is 10.7. The summed E-state index contributed by atoms with van der Waals surface area (Å²) in [5.41, 5.74) is 6.37. The summed E-state index contributed by atoms with van der Waals surface area (Å²) in [7, 11) is 1.44. The molecule has 2 aliphatic heterocycles. The highest BCUT2D eigenvalue weighted by atomic mass is 16.5. The number of amides is 1. The van der Waals surface area contributed by atoms with E-state index >= 15 is 0 Å². The van der Waals surface area contributed by atoms with Crippen molar-refractivity contribution >= 4 is 12.1 Å². The predicted octanol–water partition coefficient (Wildman–Crippen LogP) is 8.50. The van der Waals surface area contributed by atoms with Crippen molar-refractivity contribution in [1.82, 2.24) is 19.7 Å². The number of ether oxygens (including phenoxy) is 3. The van der Waals surface area contributed by atoms with Gasteiger partial charge in [-0.15, -0.1) is 0 Å². The van der Waals surface area contributed by atoms with Crippen LogP contribution in [0.3, 0.4) is 0 Å². The van der Waals surface area contributed by atoms with Crippen LogP contribution in [0.25, 0.3) is 0 Å². The van der Waals surface area contributed by atoms with Gasteiger partial charge < -0.3 is 30.0 Å². The first-order valence-electron chi connectivity index (χ1n) is 22.2. The Morgan fingerprint density at radius 2 is 1.70 bits per heavy atom. The van der Waals surface area contributed by atoms with E-state index in [2.05, 4.69) is 86.9 Å². The number of piperidine rings is 1. The summed E-state index contributed by atoms with van der Waals surface area (Å²) in [6, 6.07) is -0.115. The largest absolute Gasteiger partial charge is 0.481 e. The van der Waals surface area contributed by atoms with Gasteiger partial charge in [-0.1, -0.05) is 80.9 Å². The van der Waals surface area contributed by atoms with Crippen LogP contribution in [0.1, 0.15) is 145 Å². The van der Waals surface area contributed by atoms with E-state index in [0.29, 0.717) is 50.7 Å². The van der Waals surface area contributed by atoms with Gasteiger partial charge in [-0.2, -0.15) is 5.10 Å². The van der Waals surface area contributed by atoms with E-state index in [9.17, 15) is 14.7 Å². The van der Waals surface area contributed by atoms with Crippen molar-refractivity contribution in [2.24, 2.45) is 67.8 Å². The van der Waals surface area contributed by atoms with Crippen molar-refractivity contribution in [3.8, 4) is 0 Å². The van der Waals surface area contributed by atoms with Gasteiger partial charge in [0, 0.05) is 35.4 Å². The number of nitrogens with zero attached hydrogens (tertiary/aromatic N) is 4. The lowest BCUT2D eigenvalue weighted by atomic mass is 9.34. The zero-order valence-corrected chi connectivity index (χ0v) is 37.3. The third-order valence-corrected chi connectivity index (χ3v) is 18.6. The third-order valence-electron chi connectivity index (χ3n) is 18.6. The van der Waals surface area contributed by atoms with Crippen LogP contribution in [-0.4, -0.2) is 88.5 Å². The molecule has 6 aliphatic rings. The van der Waals surface area contributed by atoms with Gasteiger partial charge in [-0.25, -0.2) is 14.5 Å². The highest BCUT2D eigenvalue weighted by Crippen LogP contribution is 2.75. The van der Waals surface area contributed by atoms with Crippen LogP contribution in [0.2, 0.25) is 0 Å². The van der Waals surface area contributed by atoms with Crippen molar-refractivity contribution in [3.05, 3.63) is 23.8 Å². The molecular weight excluding hydrogens is 719 g/mol. The van der Waals surface area contributed by atoms with Gasteiger partial charge in [0.2, 0.25) is 0 Å². The number of carboxylic acids is 1. The molecule has 7 rings (SSSR count). The maximum absolute atomic E-state index is 13.6. The first kappa shape index (κ1) is 42.6. The molecule has 3 heterocycles. The number of carbonyl (C=O) groups is 2. The number of rotatable bonds is 8. The van der Waals surface area contributed by atoms with Gasteiger partial charge in [-0.3, -0.25) is 4.79 Å². The van der Waals surface area contributed by atoms with Gasteiger partial charge in [0.15, 0.2) is 0 Å². The molecule has 320 valence electrons. The number of fused-ring (bicyclic) bond motifs is 3. The fourth-order valence-corrected chi connectivity index (χ4v) is 13.9. The minimum atomic E-state index is -0.633. The van der Waals surface area contributed by atoms with Gasteiger partial charge in [-0.05, 0) is 104 Å². The highest BCUT2D eigenvalue weighted by Gasteiger charge is 2.72. The number of hydrogen-bond acceptors (Lipinski definition) is 8. The number of aromatic nitrogens is 3. The van der Waals surface area contributed by atoms with Crippen LogP contribution >= 0.6 is 0 Å². The molecule has 1 amide bonds. The maximum atomic E-state index is 13.6. The Hall–Kier alpha value is -2.50. The molecule has 2 bridgehead atoms. The summed E-state index contributed by atoms with van der Waals surface area (Å²) in [6.07, 6.45) is 10.9. The molecule has 0 unspecified atom stereocenters. The van der Waals surface area contributed by atoms with Crippen molar-refractivity contribution in [2.45, 2.75) is 151 Å². The monoisotopic (exact) mass is 794 g/mol. The number of likely N-dealkylation sites (tertiary alicyclic amines) is 1. The molecule has 0 radical (unpaired) electrons. The summed E-state index contributed by atoms with van der Waals surface area (Å²) < 4.78 is 21.4. The topological polar surface area (TPSA) is 142 Å². The van der Waals surface area contributed by atoms with Crippen LogP contribution in [0, 0.1) is 62.1 Å². The Balaban J connectivity index is 1.31. The third kappa shape index (κ3) is 6.26. The molecule has 57 heavy (non-hydrogen) atoms. The predicted molar refractivity (Wildman–Crippen MR) is 220 cm³/mol. The molecule has 3 saturated carbocycles. The summed E-state index contributed by atoms with van der Waals surface area (Å²) in [5.74, 6) is 1.33. The van der Waals surface area contributed by atoms with Crippen LogP contribution in [0.15, 0.2) is 18.0 Å². The molecule has 5 fully saturated rings. The molecule has 1 aromatic rings. The van der Waals surface area contributed by atoms with Crippen LogP contribution in [0.4, 0.5) is 4.79 Å². The second-order valence-electron chi connectivity index (χ2n) is 22.3. The second kappa shape index (κ2) is 14.3. The van der Waals surface area contributed by atoms with Gasteiger partial charge in [0.1, 0.15) is 12.2 Å². The van der Waals surface area contributed by atoms with E-state index in [1.165, 1.54) is 12.7 Å². The van der Waals surface area contributed by atoms with Crippen LogP contribution in [-0.2, 0) is 19.0 Å². The number of methoxy groups -OCH3 is 1. The number of carboxylic acid groups (broad SMARTS) is 1. The van der Waals surface area contributed by atoms with Crippen LogP contribution in [0.5, 0.6) is 0 Å². The lowest BCUT2D eigenvalue weighted by molar-refractivity contribution is -0.253. The molecule has 3 N–H and O–H groups in total. The number of aliphatic carboxylic acids is 1. The Morgan fingerprint density at radius 1 is 1.02 bits per heavy atom. The summed E-state index contributed by atoms with van der Waals surface area (Å²) in [6.45, 7) is 27.8. The molecule has 4 aliphatic carbocycles. The normalized spacial score (nSPS) is 41.3. The number of carbonyl (C=O) groups excluding carboxylic acids is 1. The fourth-order valence-electron chi connectivity index (χ4n) is 13.9. The Labute approximate surface area is 342 Å². The van der Waals surface area contributed by atoms with E-state index in [1.807, 2.05) is 0 Å². The molecule has 2 saturated heterocycles. The standard InChI is InChI=1S/C46H75N5O6/c1-28(2)29(3)41(7)19-20-43(9)31-13-14-34-42(8)24-56-26-46(34,32(31)15-18-44(43,10)35(41)38(52)53)23-33(36(42)57-25-45(11,47)40(4,5)6)51-37(48-27-49-51)30-16-21-50(22-17-30)39(54)55-12/h15,27-31,33-36H,13-14,16-26,47H2,1-12H3,(H,52,53)/t29-,31+,33-,34+,35-,36+,41-,42-,43-,44+,45+,46+/m1/s1. The van der Waals surface area contributed by atoms with E-state index in [-0.39, 0.29) is 62.6 Å². The summed E-state index contributed by atoms with van der Waals surface area (Å²) in [5, 5.41) is 16.2. The van der Waals surface area contributed by atoms with Crippen molar-refractivity contribution < 1.29 is 28.9 Å². The van der Waals surface area contributed by atoms with Gasteiger partial charge in [0.05, 0.1) is 45.0 Å². The molecule has 11 nitrogen and oxygen atoms in total. The number of nitrogens with two attached hydrogens (primary N) is 1. The molecule has 12 atom stereocenters. The van der Waals surface area contributed by atoms with Crippen LogP contribution < -0.4 is 5.73 Å². The van der Waals surface area contributed by atoms with Gasteiger partial charge >= 0.3 is 12.1 Å². The zero-order chi connectivity index (χ0) is 41.7. The lowest BCUT2D eigenvalue weighted by Crippen LogP contribution is -2.69.